The zero-order valence-corrected chi connectivity index (χ0v) is 12.4. The number of carbonyl (C=O) groups is 1. The highest BCUT2D eigenvalue weighted by Gasteiger charge is 2.63. The Labute approximate surface area is 113 Å². The molecule has 2 rings (SSSR count). The lowest BCUT2D eigenvalue weighted by Gasteiger charge is -2.51. The normalized spacial score (nSPS) is 42.4. The van der Waals surface area contributed by atoms with E-state index in [4.69, 9.17) is 4.74 Å². The summed E-state index contributed by atoms with van der Waals surface area (Å²) in [6, 6.07) is 0. The Kier molecular flexibility index (Phi) is 3.12. The third kappa shape index (κ3) is 2.22. The van der Waals surface area contributed by atoms with Crippen LogP contribution in [0.25, 0.3) is 0 Å². The van der Waals surface area contributed by atoms with E-state index < -0.39 is 35.0 Å². The smallest absolute Gasteiger partial charge is 0.411 e. The van der Waals surface area contributed by atoms with Crippen LogP contribution in [0.1, 0.15) is 53.9 Å². The summed E-state index contributed by atoms with van der Waals surface area (Å²) < 4.78 is 19.8. The van der Waals surface area contributed by atoms with Gasteiger partial charge >= 0.3 is 6.09 Å². The van der Waals surface area contributed by atoms with Gasteiger partial charge in [-0.2, -0.15) is 0 Å². The molecule has 0 aliphatic carbocycles. The molecule has 0 aromatic carbocycles. The van der Waals surface area contributed by atoms with Crippen molar-refractivity contribution in [1.82, 2.24) is 4.90 Å². The molecule has 2 heterocycles. The topological polar surface area (TPSA) is 49.8 Å². The summed E-state index contributed by atoms with van der Waals surface area (Å²) >= 11 is 0. The Balaban J connectivity index is 2.32. The van der Waals surface area contributed by atoms with Gasteiger partial charge in [-0.3, -0.25) is 4.90 Å². The van der Waals surface area contributed by atoms with Gasteiger partial charge in [0.15, 0.2) is 0 Å². The van der Waals surface area contributed by atoms with Crippen molar-refractivity contribution in [2.24, 2.45) is 0 Å². The second-order valence-electron chi connectivity index (χ2n) is 7.34. The van der Waals surface area contributed by atoms with Crippen molar-refractivity contribution in [2.45, 2.75) is 82.8 Å². The van der Waals surface area contributed by atoms with Crippen molar-refractivity contribution in [3.05, 3.63) is 0 Å². The molecular weight excluding hydrogens is 249 g/mol. The van der Waals surface area contributed by atoms with Crippen molar-refractivity contribution in [3.8, 4) is 0 Å². The largest absolute Gasteiger partial charge is 0.444 e. The van der Waals surface area contributed by atoms with Crippen LogP contribution >= 0.6 is 0 Å². The van der Waals surface area contributed by atoms with E-state index >= 15 is 0 Å². The number of alkyl halides is 1. The fourth-order valence-electron chi connectivity index (χ4n) is 3.52. The molecular formula is C14H24FNO3. The molecule has 2 bridgehead atoms. The summed E-state index contributed by atoms with van der Waals surface area (Å²) in [5.41, 5.74) is -2.08. The molecule has 1 N–H and O–H groups in total. The van der Waals surface area contributed by atoms with Gasteiger partial charge in [0.2, 0.25) is 0 Å². The minimum atomic E-state index is -1.42. The van der Waals surface area contributed by atoms with Gasteiger partial charge in [-0.1, -0.05) is 0 Å². The first-order valence-corrected chi connectivity index (χ1v) is 6.85. The van der Waals surface area contributed by atoms with E-state index in [1.54, 1.807) is 27.7 Å². The minimum Gasteiger partial charge on any atom is -0.444 e. The molecule has 4 nitrogen and oxygen atoms in total. The number of hydrogen-bond donors (Lipinski definition) is 1. The molecule has 0 radical (unpaired) electrons. The maximum atomic E-state index is 14.4. The highest BCUT2D eigenvalue weighted by molar-refractivity contribution is 5.71. The average molecular weight is 273 g/mol. The molecule has 5 heteroatoms. The van der Waals surface area contributed by atoms with Gasteiger partial charge in [0, 0.05) is 5.54 Å². The quantitative estimate of drug-likeness (QED) is 0.738. The number of piperidine rings is 1. The first kappa shape index (κ1) is 14.6. The van der Waals surface area contributed by atoms with Crippen molar-refractivity contribution < 1.29 is 19.0 Å². The van der Waals surface area contributed by atoms with Gasteiger partial charge in [-0.25, -0.2) is 9.18 Å². The molecule has 110 valence electrons. The molecule has 0 unspecified atom stereocenters. The van der Waals surface area contributed by atoms with Crippen molar-refractivity contribution in [3.63, 3.8) is 0 Å². The van der Waals surface area contributed by atoms with Crippen LogP contribution < -0.4 is 0 Å². The van der Waals surface area contributed by atoms with Crippen molar-refractivity contribution >= 4 is 6.09 Å². The number of amides is 1. The second-order valence-corrected chi connectivity index (χ2v) is 7.34. The lowest BCUT2D eigenvalue weighted by molar-refractivity contribution is -0.107. The van der Waals surface area contributed by atoms with E-state index in [2.05, 4.69) is 0 Å². The molecule has 2 saturated heterocycles. The van der Waals surface area contributed by atoms with Crippen LogP contribution in [-0.2, 0) is 4.74 Å². The lowest BCUT2D eigenvalue weighted by atomic mass is 9.82. The van der Waals surface area contributed by atoms with E-state index in [-0.39, 0.29) is 6.42 Å². The van der Waals surface area contributed by atoms with E-state index in [1.165, 1.54) is 4.90 Å². The van der Waals surface area contributed by atoms with E-state index in [0.29, 0.717) is 12.8 Å². The van der Waals surface area contributed by atoms with Crippen LogP contribution in [0.3, 0.4) is 0 Å². The highest BCUT2D eigenvalue weighted by Crippen LogP contribution is 2.52. The Bertz CT molecular complexity index is 395. The summed E-state index contributed by atoms with van der Waals surface area (Å²) in [6.45, 7) is 8.99. The summed E-state index contributed by atoms with van der Waals surface area (Å²) in [7, 11) is 0. The number of aliphatic hydroxyl groups is 1. The molecule has 0 aromatic heterocycles. The SMILES string of the molecule is CC(C)(C)OC(=O)N1[C@]2(C)CC[C@@]1(C)[C@H](F)[C@H](O)C2. The van der Waals surface area contributed by atoms with Gasteiger partial charge in [0.1, 0.15) is 11.8 Å². The van der Waals surface area contributed by atoms with Gasteiger partial charge in [0.05, 0.1) is 11.6 Å². The second kappa shape index (κ2) is 4.08. The van der Waals surface area contributed by atoms with Crippen LogP contribution in [0.4, 0.5) is 9.18 Å². The molecule has 2 aliphatic heterocycles. The summed E-state index contributed by atoms with van der Waals surface area (Å²) in [6.07, 6.45) is -1.39. The average Bonchev–Trinajstić information content (AvgIpc) is 2.43. The number of aliphatic hydroxyl groups excluding tert-OH is 1. The number of hydrogen-bond acceptors (Lipinski definition) is 3. The number of rotatable bonds is 0. The fraction of sp³-hybridized carbons (Fsp3) is 0.929. The van der Waals surface area contributed by atoms with Crippen molar-refractivity contribution in [2.75, 3.05) is 0 Å². The van der Waals surface area contributed by atoms with Crippen LogP contribution in [0.5, 0.6) is 0 Å². The highest BCUT2D eigenvalue weighted by atomic mass is 19.1. The molecule has 4 atom stereocenters. The van der Waals surface area contributed by atoms with Crippen molar-refractivity contribution in [1.29, 1.82) is 0 Å². The van der Waals surface area contributed by atoms with E-state index in [9.17, 15) is 14.3 Å². The maximum absolute atomic E-state index is 14.4. The predicted molar refractivity (Wildman–Crippen MR) is 69.6 cm³/mol. The third-order valence-corrected chi connectivity index (χ3v) is 4.38. The van der Waals surface area contributed by atoms with Gasteiger partial charge in [0.25, 0.3) is 0 Å². The summed E-state index contributed by atoms with van der Waals surface area (Å²) in [5, 5.41) is 9.87. The summed E-state index contributed by atoms with van der Waals surface area (Å²) in [5.74, 6) is 0. The molecule has 19 heavy (non-hydrogen) atoms. The molecule has 2 aliphatic rings. The molecule has 1 amide bonds. The maximum Gasteiger partial charge on any atom is 0.411 e. The van der Waals surface area contributed by atoms with Gasteiger partial charge in [-0.15, -0.1) is 0 Å². The number of halogens is 1. The Morgan fingerprint density at radius 2 is 1.95 bits per heavy atom. The van der Waals surface area contributed by atoms with Gasteiger partial charge in [-0.05, 0) is 53.9 Å². The fourth-order valence-corrected chi connectivity index (χ4v) is 3.52. The van der Waals surface area contributed by atoms with Gasteiger partial charge < -0.3 is 9.84 Å². The lowest BCUT2D eigenvalue weighted by Crippen LogP contribution is -2.66. The third-order valence-electron chi connectivity index (χ3n) is 4.38. The summed E-state index contributed by atoms with van der Waals surface area (Å²) in [4.78, 5) is 13.9. The Morgan fingerprint density at radius 3 is 2.47 bits per heavy atom. The number of fused-ring (bicyclic) bond motifs is 2. The van der Waals surface area contributed by atoms with Crippen LogP contribution in [0.15, 0.2) is 0 Å². The first-order valence-electron chi connectivity index (χ1n) is 6.85. The van der Waals surface area contributed by atoms with Crippen LogP contribution in [0.2, 0.25) is 0 Å². The van der Waals surface area contributed by atoms with E-state index in [1.807, 2.05) is 6.92 Å². The number of ether oxygens (including phenoxy) is 1. The standard InChI is InChI=1S/C14H24FNO3/c1-12(2,3)19-11(18)16-13(4)6-7-14(16,5)10(15)9(17)8-13/h9-10,17H,6-8H2,1-5H3/t9-,10-,13-,14+/m1/s1. The molecule has 2 fully saturated rings. The van der Waals surface area contributed by atoms with Crippen LogP contribution in [0, 0.1) is 0 Å². The molecule has 0 saturated carbocycles. The zero-order chi connectivity index (χ0) is 14.6. The van der Waals surface area contributed by atoms with E-state index in [0.717, 1.165) is 0 Å². The Morgan fingerprint density at radius 1 is 1.37 bits per heavy atom. The number of nitrogens with zero attached hydrogens (tertiary/aromatic N) is 1. The molecule has 0 aromatic rings. The minimum absolute atomic E-state index is 0.267. The van der Waals surface area contributed by atoms with Crippen LogP contribution in [-0.4, -0.2) is 45.1 Å². The first-order chi connectivity index (χ1) is 8.50. The molecule has 0 spiro atoms. The monoisotopic (exact) mass is 273 g/mol. The number of carbonyl (C=O) groups excluding carboxylic acids is 1. The Hall–Kier alpha value is -0.840. The predicted octanol–water partition coefficient (Wildman–Crippen LogP) is 2.64. The zero-order valence-electron chi connectivity index (χ0n) is 12.4.